The van der Waals surface area contributed by atoms with Crippen molar-refractivity contribution >= 4 is 46.6 Å². The van der Waals surface area contributed by atoms with Crippen molar-refractivity contribution in [2.45, 2.75) is 24.0 Å². The van der Waals surface area contributed by atoms with Crippen LogP contribution in [0.15, 0.2) is 65.6 Å². The fourth-order valence-electron chi connectivity index (χ4n) is 3.09. The summed E-state index contributed by atoms with van der Waals surface area (Å²) in [5.41, 5.74) is 2.50. The van der Waals surface area contributed by atoms with Gasteiger partial charge in [0.1, 0.15) is 17.1 Å². The van der Waals surface area contributed by atoms with E-state index in [4.69, 9.17) is 21.1 Å². The molecule has 0 saturated heterocycles. The summed E-state index contributed by atoms with van der Waals surface area (Å²) in [5.74, 6) is 0.333. The third-order valence-electron chi connectivity index (χ3n) is 4.87. The molecular weight excluding hydrogens is 460 g/mol. The average molecular weight is 485 g/mol. The largest absolute Gasteiger partial charge is 0.496 e. The summed E-state index contributed by atoms with van der Waals surface area (Å²) in [6, 6.07) is 17.9. The number of carbonyl (C=O) groups is 2. The molecule has 1 atom stereocenters. The van der Waals surface area contributed by atoms with Gasteiger partial charge in [-0.1, -0.05) is 29.8 Å². The van der Waals surface area contributed by atoms with Crippen LogP contribution in [0.2, 0.25) is 5.02 Å². The highest BCUT2D eigenvalue weighted by Gasteiger charge is 2.19. The monoisotopic (exact) mass is 484 g/mol. The third kappa shape index (κ3) is 6.21. The van der Waals surface area contributed by atoms with Gasteiger partial charge in [0.25, 0.3) is 5.91 Å². The molecule has 0 spiro atoms. The second kappa shape index (κ2) is 11.1. The smallest absolute Gasteiger partial charge is 0.263 e. The van der Waals surface area contributed by atoms with Gasteiger partial charge in [-0.25, -0.2) is 0 Å². The Balaban J connectivity index is 1.69. The lowest BCUT2D eigenvalue weighted by atomic mass is 10.1. The minimum atomic E-state index is -0.370. The highest BCUT2D eigenvalue weighted by Crippen LogP contribution is 2.31. The molecule has 6 nitrogen and oxygen atoms in total. The summed E-state index contributed by atoms with van der Waals surface area (Å²) in [4.78, 5) is 26.4. The van der Waals surface area contributed by atoms with Crippen molar-refractivity contribution < 1.29 is 19.1 Å². The molecule has 0 saturated carbocycles. The van der Waals surface area contributed by atoms with E-state index in [0.29, 0.717) is 33.5 Å². The first-order chi connectivity index (χ1) is 15.8. The molecule has 1 unspecified atom stereocenters. The fraction of sp³-hybridized carbons (Fsp3) is 0.200. The molecule has 0 aliphatic rings. The third-order valence-corrected chi connectivity index (χ3v) is 6.37. The zero-order valence-corrected chi connectivity index (χ0v) is 20.3. The molecule has 0 fully saturated rings. The molecule has 172 valence electrons. The molecule has 3 aromatic rings. The van der Waals surface area contributed by atoms with E-state index in [2.05, 4.69) is 10.6 Å². The zero-order valence-electron chi connectivity index (χ0n) is 18.8. The van der Waals surface area contributed by atoms with Crippen LogP contribution in [0.5, 0.6) is 11.5 Å². The molecule has 33 heavy (non-hydrogen) atoms. The number of anilines is 2. The summed E-state index contributed by atoms with van der Waals surface area (Å²) in [6.07, 6.45) is 0. The Bertz CT molecular complexity index is 1150. The zero-order chi connectivity index (χ0) is 24.0. The van der Waals surface area contributed by atoms with Crippen LogP contribution in [-0.4, -0.2) is 31.3 Å². The van der Waals surface area contributed by atoms with Crippen molar-refractivity contribution in [3.63, 3.8) is 0 Å². The molecule has 0 heterocycles. The first kappa shape index (κ1) is 24.5. The summed E-state index contributed by atoms with van der Waals surface area (Å²) in [5, 5.41) is 5.99. The van der Waals surface area contributed by atoms with Crippen LogP contribution >= 0.6 is 23.4 Å². The predicted molar refractivity (Wildman–Crippen MR) is 134 cm³/mol. The predicted octanol–water partition coefficient (Wildman–Crippen LogP) is 6.04. The van der Waals surface area contributed by atoms with Crippen LogP contribution in [0.25, 0.3) is 0 Å². The highest BCUT2D eigenvalue weighted by atomic mass is 35.5. The first-order valence-corrected chi connectivity index (χ1v) is 11.4. The standard InChI is InChI=1S/C25H25ClN2O4S/c1-15-11-12-18(14-20(15)26)27-24(29)16(2)33-19-8-5-7-17(13-19)28-25(30)23-21(31-3)9-6-10-22(23)32-4/h5-14,16H,1-4H3,(H,27,29)(H,28,30). The van der Waals surface area contributed by atoms with Crippen molar-refractivity contribution in [3.8, 4) is 11.5 Å². The molecule has 0 radical (unpaired) electrons. The number of nitrogens with one attached hydrogen (secondary N) is 2. The molecule has 2 N–H and O–H groups in total. The Morgan fingerprint density at radius 1 is 0.909 bits per heavy atom. The van der Waals surface area contributed by atoms with Crippen LogP contribution in [-0.2, 0) is 4.79 Å². The number of methoxy groups -OCH3 is 2. The number of carbonyl (C=O) groups excluding carboxylic acids is 2. The molecule has 3 rings (SSSR count). The van der Waals surface area contributed by atoms with E-state index < -0.39 is 0 Å². The molecule has 3 aromatic carbocycles. The number of benzene rings is 3. The summed E-state index contributed by atoms with van der Waals surface area (Å²) in [6.45, 7) is 3.73. The van der Waals surface area contributed by atoms with E-state index >= 15 is 0 Å². The molecule has 8 heteroatoms. The van der Waals surface area contributed by atoms with Crippen LogP contribution < -0.4 is 20.1 Å². The molecule has 2 amide bonds. The van der Waals surface area contributed by atoms with Crippen molar-refractivity contribution in [1.29, 1.82) is 0 Å². The van der Waals surface area contributed by atoms with Crippen LogP contribution in [0.1, 0.15) is 22.8 Å². The molecule has 0 bridgehead atoms. The van der Waals surface area contributed by atoms with E-state index in [1.54, 1.807) is 30.3 Å². The topological polar surface area (TPSA) is 76.7 Å². The van der Waals surface area contributed by atoms with Gasteiger partial charge in [0.15, 0.2) is 0 Å². The number of hydrogen-bond acceptors (Lipinski definition) is 5. The van der Waals surface area contributed by atoms with E-state index in [1.165, 1.54) is 26.0 Å². The summed E-state index contributed by atoms with van der Waals surface area (Å²) >= 11 is 7.53. The number of ether oxygens (including phenoxy) is 2. The average Bonchev–Trinajstić information content (AvgIpc) is 2.80. The number of thioether (sulfide) groups is 1. The van der Waals surface area contributed by atoms with Crippen LogP contribution in [0.4, 0.5) is 11.4 Å². The van der Waals surface area contributed by atoms with Gasteiger partial charge in [-0.05, 0) is 61.9 Å². The normalized spacial score (nSPS) is 11.4. The second-order valence-corrected chi connectivity index (χ2v) is 9.05. The van der Waals surface area contributed by atoms with E-state index in [-0.39, 0.29) is 17.1 Å². The maximum absolute atomic E-state index is 12.9. The number of aryl methyl sites for hydroxylation is 1. The van der Waals surface area contributed by atoms with Gasteiger partial charge >= 0.3 is 0 Å². The van der Waals surface area contributed by atoms with Gasteiger partial charge in [-0.15, -0.1) is 11.8 Å². The fourth-order valence-corrected chi connectivity index (χ4v) is 4.19. The SMILES string of the molecule is COc1cccc(OC)c1C(=O)Nc1cccc(SC(C)C(=O)Nc2ccc(C)c(Cl)c2)c1. The Morgan fingerprint density at radius 3 is 2.18 bits per heavy atom. The van der Waals surface area contributed by atoms with E-state index in [0.717, 1.165) is 10.5 Å². The number of amides is 2. The van der Waals surface area contributed by atoms with Gasteiger partial charge in [0.05, 0.1) is 19.5 Å². The van der Waals surface area contributed by atoms with Crippen LogP contribution in [0.3, 0.4) is 0 Å². The quantitative estimate of drug-likeness (QED) is 0.381. The maximum atomic E-state index is 12.9. The number of hydrogen-bond donors (Lipinski definition) is 2. The van der Waals surface area contributed by atoms with Crippen molar-refractivity contribution in [2.75, 3.05) is 24.9 Å². The van der Waals surface area contributed by atoms with Gasteiger partial charge in [-0.2, -0.15) is 0 Å². The van der Waals surface area contributed by atoms with Crippen molar-refractivity contribution in [3.05, 3.63) is 76.8 Å². The minimum Gasteiger partial charge on any atom is -0.496 e. The molecule has 0 aliphatic carbocycles. The van der Waals surface area contributed by atoms with Crippen molar-refractivity contribution in [1.82, 2.24) is 0 Å². The lowest BCUT2D eigenvalue weighted by molar-refractivity contribution is -0.115. The molecular formula is C25H25ClN2O4S. The Hall–Kier alpha value is -3.16. The maximum Gasteiger partial charge on any atom is 0.263 e. The highest BCUT2D eigenvalue weighted by molar-refractivity contribution is 8.00. The van der Waals surface area contributed by atoms with E-state index in [1.807, 2.05) is 44.2 Å². The first-order valence-electron chi connectivity index (χ1n) is 10.2. The minimum absolute atomic E-state index is 0.145. The summed E-state index contributed by atoms with van der Waals surface area (Å²) < 4.78 is 10.6. The van der Waals surface area contributed by atoms with Crippen molar-refractivity contribution in [2.24, 2.45) is 0 Å². The van der Waals surface area contributed by atoms with Crippen LogP contribution in [0, 0.1) is 6.92 Å². The second-order valence-electron chi connectivity index (χ2n) is 7.23. The van der Waals surface area contributed by atoms with Gasteiger partial charge in [0, 0.05) is 21.3 Å². The van der Waals surface area contributed by atoms with E-state index in [9.17, 15) is 9.59 Å². The molecule has 0 aliphatic heterocycles. The summed E-state index contributed by atoms with van der Waals surface area (Å²) in [7, 11) is 3.00. The number of halogens is 1. The molecule has 0 aromatic heterocycles. The Morgan fingerprint density at radius 2 is 1.55 bits per heavy atom. The Kier molecular flexibility index (Phi) is 8.25. The van der Waals surface area contributed by atoms with Gasteiger partial charge in [-0.3, -0.25) is 9.59 Å². The Labute approximate surface area is 202 Å². The lowest BCUT2D eigenvalue weighted by Crippen LogP contribution is -2.22. The van der Waals surface area contributed by atoms with Gasteiger partial charge < -0.3 is 20.1 Å². The lowest BCUT2D eigenvalue weighted by Gasteiger charge is -2.15. The van der Waals surface area contributed by atoms with Gasteiger partial charge in [0.2, 0.25) is 5.91 Å². The number of rotatable bonds is 8.